The maximum Gasteiger partial charge on any atom is 0.394 e. The van der Waals surface area contributed by atoms with Crippen molar-refractivity contribution in [2.24, 2.45) is 0 Å². The highest BCUT2D eigenvalue weighted by Crippen LogP contribution is 2.18. The molecule has 1 saturated heterocycles. The fourth-order valence-electron chi connectivity index (χ4n) is 2.39. The van der Waals surface area contributed by atoms with Crippen molar-refractivity contribution in [1.82, 2.24) is 5.32 Å². The van der Waals surface area contributed by atoms with E-state index in [-0.39, 0.29) is 0 Å². The van der Waals surface area contributed by atoms with Gasteiger partial charge in [0.25, 0.3) is 0 Å². The summed E-state index contributed by atoms with van der Waals surface area (Å²) >= 11 is 0. The molecule has 0 unspecified atom stereocenters. The number of benzene rings is 1. The zero-order valence-electron chi connectivity index (χ0n) is 12.1. The Kier molecular flexibility index (Phi) is 7.84. The second kappa shape index (κ2) is 9.11. The van der Waals surface area contributed by atoms with Crippen molar-refractivity contribution in [3.63, 3.8) is 0 Å². The van der Waals surface area contributed by atoms with Crippen molar-refractivity contribution in [3.8, 4) is 0 Å². The molecular weight excluding hydrogens is 294 g/mol. The molecule has 6 nitrogen and oxygen atoms in total. The summed E-state index contributed by atoms with van der Waals surface area (Å²) in [4.78, 5) is 0. The summed E-state index contributed by atoms with van der Waals surface area (Å²) in [7, 11) is -4.67. The third kappa shape index (κ3) is 8.79. The Labute approximate surface area is 126 Å². The molecule has 120 valence electrons. The first kappa shape index (κ1) is 18.1. The van der Waals surface area contributed by atoms with E-state index in [1.165, 1.54) is 18.4 Å². The Bertz CT molecular complexity index is 477. The maximum atomic E-state index is 8.74. The third-order valence-electron chi connectivity index (χ3n) is 3.18. The van der Waals surface area contributed by atoms with Crippen LogP contribution >= 0.6 is 0 Å². The molecule has 1 aliphatic rings. The molecule has 0 amide bonds. The lowest BCUT2D eigenvalue weighted by atomic mass is 9.99. The lowest BCUT2D eigenvalue weighted by Gasteiger charge is -2.23. The summed E-state index contributed by atoms with van der Waals surface area (Å²) in [5.41, 5.74) is 1.39. The van der Waals surface area contributed by atoms with E-state index in [0.717, 1.165) is 19.6 Å². The Balaban J connectivity index is 0.000000383. The second-order valence-electron chi connectivity index (χ2n) is 4.85. The van der Waals surface area contributed by atoms with Gasteiger partial charge in [0.2, 0.25) is 0 Å². The Morgan fingerprint density at radius 2 is 1.95 bits per heavy atom. The van der Waals surface area contributed by atoms with Crippen LogP contribution in [0.3, 0.4) is 0 Å². The SMILES string of the molecule is CCN[C@H](Cc1ccccc1)[C@H]1CCCO1.O=S(=O)(O)O. The summed E-state index contributed by atoms with van der Waals surface area (Å²) in [6.07, 6.45) is 3.88. The van der Waals surface area contributed by atoms with E-state index in [2.05, 4.69) is 42.6 Å². The van der Waals surface area contributed by atoms with Gasteiger partial charge in [-0.1, -0.05) is 37.3 Å². The van der Waals surface area contributed by atoms with Crippen LogP contribution < -0.4 is 5.32 Å². The third-order valence-corrected chi connectivity index (χ3v) is 3.18. The monoisotopic (exact) mass is 317 g/mol. The van der Waals surface area contributed by atoms with E-state index < -0.39 is 10.4 Å². The van der Waals surface area contributed by atoms with Crippen molar-refractivity contribution in [2.75, 3.05) is 13.2 Å². The van der Waals surface area contributed by atoms with E-state index in [1.54, 1.807) is 0 Å². The molecule has 1 aromatic carbocycles. The van der Waals surface area contributed by atoms with E-state index in [1.807, 2.05) is 0 Å². The van der Waals surface area contributed by atoms with E-state index >= 15 is 0 Å². The summed E-state index contributed by atoms with van der Waals surface area (Å²) in [6, 6.07) is 11.1. The van der Waals surface area contributed by atoms with Crippen LogP contribution in [0.25, 0.3) is 0 Å². The molecule has 21 heavy (non-hydrogen) atoms. The van der Waals surface area contributed by atoms with Crippen LogP contribution in [0, 0.1) is 0 Å². The molecule has 0 bridgehead atoms. The van der Waals surface area contributed by atoms with Crippen LogP contribution in [0.15, 0.2) is 30.3 Å². The van der Waals surface area contributed by atoms with Gasteiger partial charge in [-0.2, -0.15) is 8.42 Å². The van der Waals surface area contributed by atoms with Crippen LogP contribution in [0.1, 0.15) is 25.3 Å². The van der Waals surface area contributed by atoms with Gasteiger partial charge in [-0.25, -0.2) is 0 Å². The van der Waals surface area contributed by atoms with Gasteiger partial charge in [0, 0.05) is 12.6 Å². The smallest absolute Gasteiger partial charge is 0.377 e. The minimum Gasteiger partial charge on any atom is -0.377 e. The lowest BCUT2D eigenvalue weighted by Crippen LogP contribution is -2.41. The van der Waals surface area contributed by atoms with Crippen molar-refractivity contribution < 1.29 is 22.3 Å². The number of hydrogen-bond acceptors (Lipinski definition) is 4. The molecule has 0 aromatic heterocycles. The minimum absolute atomic E-state index is 0.403. The van der Waals surface area contributed by atoms with Gasteiger partial charge < -0.3 is 10.1 Å². The average Bonchev–Trinajstić information content (AvgIpc) is 2.91. The number of ether oxygens (including phenoxy) is 1. The van der Waals surface area contributed by atoms with Gasteiger partial charge in [-0.3, -0.25) is 9.11 Å². The molecule has 7 heteroatoms. The molecule has 0 aliphatic carbocycles. The molecular formula is C14H23NO5S. The zero-order chi connectivity index (χ0) is 15.7. The van der Waals surface area contributed by atoms with Crippen LogP contribution in [0.2, 0.25) is 0 Å². The summed E-state index contributed by atoms with van der Waals surface area (Å²) in [6.45, 7) is 4.10. The summed E-state index contributed by atoms with van der Waals surface area (Å²) < 4.78 is 37.4. The molecule has 1 fully saturated rings. The Morgan fingerprint density at radius 1 is 1.33 bits per heavy atom. The molecule has 2 rings (SSSR count). The van der Waals surface area contributed by atoms with Crippen LogP contribution in [-0.4, -0.2) is 42.8 Å². The van der Waals surface area contributed by atoms with Crippen LogP contribution in [-0.2, 0) is 21.6 Å². The summed E-state index contributed by atoms with van der Waals surface area (Å²) in [5, 5.41) is 3.55. The highest BCUT2D eigenvalue weighted by molar-refractivity contribution is 7.79. The molecule has 2 atom stereocenters. The number of hydrogen-bond donors (Lipinski definition) is 3. The highest BCUT2D eigenvalue weighted by Gasteiger charge is 2.25. The molecule has 3 N–H and O–H groups in total. The van der Waals surface area contributed by atoms with Crippen molar-refractivity contribution in [2.45, 2.75) is 38.3 Å². The minimum atomic E-state index is -4.67. The quantitative estimate of drug-likeness (QED) is 0.716. The molecule has 1 heterocycles. The van der Waals surface area contributed by atoms with Gasteiger partial charge in [-0.05, 0) is 31.4 Å². The van der Waals surface area contributed by atoms with Crippen LogP contribution in [0.5, 0.6) is 0 Å². The Hall–Kier alpha value is -0.990. The first-order chi connectivity index (χ1) is 9.90. The normalized spacial score (nSPS) is 19.7. The fraction of sp³-hybridized carbons (Fsp3) is 0.571. The van der Waals surface area contributed by atoms with Gasteiger partial charge in [0.1, 0.15) is 0 Å². The molecule has 0 saturated carbocycles. The second-order valence-corrected chi connectivity index (χ2v) is 5.75. The van der Waals surface area contributed by atoms with Crippen molar-refractivity contribution >= 4 is 10.4 Å². The number of rotatable bonds is 5. The standard InChI is InChI=1S/C14H21NO.H2O4S/c1-2-15-13(14-9-6-10-16-14)11-12-7-4-3-5-8-12;1-5(2,3)4/h3-5,7-8,13-15H,2,6,9-11H2,1H3;(H2,1,2,3,4)/t13-,14-;/m1./s1. The zero-order valence-corrected chi connectivity index (χ0v) is 12.9. The summed E-state index contributed by atoms with van der Waals surface area (Å²) in [5.74, 6) is 0. The predicted molar refractivity (Wildman–Crippen MR) is 80.8 cm³/mol. The molecule has 0 spiro atoms. The first-order valence-corrected chi connectivity index (χ1v) is 8.38. The van der Waals surface area contributed by atoms with E-state index in [0.29, 0.717) is 12.1 Å². The van der Waals surface area contributed by atoms with E-state index in [4.69, 9.17) is 22.3 Å². The highest BCUT2D eigenvalue weighted by atomic mass is 32.3. The first-order valence-electron chi connectivity index (χ1n) is 6.99. The number of likely N-dealkylation sites (N-methyl/N-ethyl adjacent to an activating group) is 1. The average molecular weight is 317 g/mol. The Morgan fingerprint density at radius 3 is 2.43 bits per heavy atom. The van der Waals surface area contributed by atoms with Gasteiger partial charge in [0.15, 0.2) is 0 Å². The largest absolute Gasteiger partial charge is 0.394 e. The lowest BCUT2D eigenvalue weighted by molar-refractivity contribution is 0.0789. The van der Waals surface area contributed by atoms with Crippen LogP contribution in [0.4, 0.5) is 0 Å². The van der Waals surface area contributed by atoms with Gasteiger partial charge >= 0.3 is 10.4 Å². The van der Waals surface area contributed by atoms with Gasteiger partial charge in [0.05, 0.1) is 6.10 Å². The van der Waals surface area contributed by atoms with Crippen molar-refractivity contribution in [1.29, 1.82) is 0 Å². The fourth-order valence-corrected chi connectivity index (χ4v) is 2.39. The van der Waals surface area contributed by atoms with Crippen molar-refractivity contribution in [3.05, 3.63) is 35.9 Å². The van der Waals surface area contributed by atoms with E-state index in [9.17, 15) is 0 Å². The molecule has 0 radical (unpaired) electrons. The molecule has 1 aromatic rings. The maximum absolute atomic E-state index is 8.74. The predicted octanol–water partition coefficient (Wildman–Crippen LogP) is 1.73. The molecule has 1 aliphatic heterocycles. The topological polar surface area (TPSA) is 95.9 Å². The van der Waals surface area contributed by atoms with Gasteiger partial charge in [-0.15, -0.1) is 0 Å². The number of nitrogens with one attached hydrogen (secondary N) is 1.